The molecule has 5 heterocycles. The van der Waals surface area contributed by atoms with Gasteiger partial charge in [0.15, 0.2) is 5.65 Å². The zero-order valence-electron chi connectivity index (χ0n) is 17.6. The Kier molecular flexibility index (Phi) is 6.00. The van der Waals surface area contributed by atoms with Crippen LogP contribution < -0.4 is 21.7 Å². The average molecular weight is 497 g/mol. The predicted molar refractivity (Wildman–Crippen MR) is 114 cm³/mol. The van der Waals surface area contributed by atoms with Crippen LogP contribution >= 0.6 is 0 Å². The van der Waals surface area contributed by atoms with Gasteiger partial charge in [0.25, 0.3) is 11.5 Å². The summed E-state index contributed by atoms with van der Waals surface area (Å²) in [5, 5.41) is 4.26. The highest BCUT2D eigenvalue weighted by atomic mass is 19.4. The molecule has 35 heavy (non-hydrogen) atoms. The minimum atomic E-state index is -4.44. The smallest absolute Gasteiger partial charge is 0.362 e. The van der Waals surface area contributed by atoms with Crippen LogP contribution in [-0.4, -0.2) is 48.6 Å². The number of rotatable bonds is 2. The van der Waals surface area contributed by atoms with Gasteiger partial charge >= 0.3 is 11.9 Å². The number of fused-ring (bicyclic) bond motifs is 1. The summed E-state index contributed by atoms with van der Waals surface area (Å²) in [6.07, 6.45) is 0.599. The predicted octanol–water partition coefficient (Wildman–Crippen LogP) is 2.01. The van der Waals surface area contributed by atoms with Crippen LogP contribution in [0.15, 0.2) is 57.4 Å². The molecule has 0 bridgehead atoms. The number of pyridine rings is 1. The third-order valence-corrected chi connectivity index (χ3v) is 5.05. The highest BCUT2D eigenvalue weighted by Crippen LogP contribution is 2.33. The summed E-state index contributed by atoms with van der Waals surface area (Å²) < 4.78 is 64.0. The van der Waals surface area contributed by atoms with E-state index in [0.29, 0.717) is 17.4 Å². The Bertz CT molecular complexity index is 1540. The molecule has 10 nitrogen and oxygen atoms in total. The van der Waals surface area contributed by atoms with Gasteiger partial charge in [0.2, 0.25) is 5.56 Å². The summed E-state index contributed by atoms with van der Waals surface area (Å²) in [5.41, 5.74) is -1.64. The summed E-state index contributed by atoms with van der Waals surface area (Å²) in [4.78, 5) is 45.8. The lowest BCUT2D eigenvalue weighted by Crippen LogP contribution is -2.26. The van der Waals surface area contributed by atoms with Crippen LogP contribution in [0.4, 0.5) is 27.6 Å². The van der Waals surface area contributed by atoms with Gasteiger partial charge in [-0.15, -0.1) is 0 Å². The van der Waals surface area contributed by atoms with Gasteiger partial charge in [-0.3, -0.25) is 14.6 Å². The molecule has 5 rings (SSSR count). The van der Waals surface area contributed by atoms with Crippen LogP contribution in [0.5, 0.6) is 0 Å². The third kappa shape index (κ3) is 5.28. The lowest BCUT2D eigenvalue weighted by molar-refractivity contribution is -0.137. The molecule has 0 unspecified atom stereocenters. The fraction of sp³-hybridized carbons (Fsp3) is 0.250. The van der Waals surface area contributed by atoms with Gasteiger partial charge in [-0.2, -0.15) is 18.3 Å². The Morgan fingerprint density at radius 3 is 2.46 bits per heavy atom. The van der Waals surface area contributed by atoms with Crippen molar-refractivity contribution in [2.24, 2.45) is 0 Å². The van der Waals surface area contributed by atoms with E-state index in [4.69, 9.17) is 0 Å². The second kappa shape index (κ2) is 8.81. The van der Waals surface area contributed by atoms with E-state index in [0.717, 1.165) is 12.3 Å². The monoisotopic (exact) mass is 497 g/mol. The number of hydrogen-bond acceptors (Lipinski definition) is 6. The Hall–Kier alpha value is -4.30. The van der Waals surface area contributed by atoms with Crippen molar-refractivity contribution < 1.29 is 22.0 Å². The molecule has 0 aliphatic carbocycles. The number of nitrogens with one attached hydrogen (secondary N) is 3. The van der Waals surface area contributed by atoms with Crippen molar-refractivity contribution in [1.82, 2.24) is 29.5 Å². The highest BCUT2D eigenvalue weighted by molar-refractivity contribution is 5.74. The van der Waals surface area contributed by atoms with Crippen LogP contribution in [-0.2, 0) is 6.18 Å². The number of H-pyrrole nitrogens is 3. The number of halogens is 5. The molecule has 3 N–H and O–H groups in total. The van der Waals surface area contributed by atoms with Crippen molar-refractivity contribution in [3.05, 3.63) is 79.7 Å². The maximum absolute atomic E-state index is 13.6. The van der Waals surface area contributed by atoms with Crippen molar-refractivity contribution in [3.8, 4) is 11.3 Å². The summed E-state index contributed by atoms with van der Waals surface area (Å²) in [5.74, 6) is -2.76. The van der Waals surface area contributed by atoms with Gasteiger partial charge in [0.05, 0.1) is 23.4 Å². The molecule has 0 radical (unpaired) electrons. The van der Waals surface area contributed by atoms with Crippen LogP contribution in [0.1, 0.15) is 12.0 Å². The number of nitrogens with zero attached hydrogens (tertiary/aromatic N) is 4. The van der Waals surface area contributed by atoms with Crippen LogP contribution in [0.25, 0.3) is 16.9 Å². The molecule has 184 valence electrons. The van der Waals surface area contributed by atoms with E-state index in [2.05, 4.69) is 25.0 Å². The zero-order chi connectivity index (χ0) is 25.4. The van der Waals surface area contributed by atoms with Gasteiger partial charge < -0.3 is 14.9 Å². The van der Waals surface area contributed by atoms with Gasteiger partial charge in [0, 0.05) is 43.8 Å². The maximum Gasteiger partial charge on any atom is 0.416 e. The fourth-order valence-corrected chi connectivity index (χ4v) is 3.43. The number of aromatic nitrogens is 6. The van der Waals surface area contributed by atoms with Crippen molar-refractivity contribution in [1.29, 1.82) is 0 Å². The van der Waals surface area contributed by atoms with Gasteiger partial charge in [0.1, 0.15) is 5.69 Å². The lowest BCUT2D eigenvalue weighted by atomic mass is 10.2. The van der Waals surface area contributed by atoms with E-state index < -0.39 is 41.0 Å². The first-order valence-electron chi connectivity index (χ1n) is 9.98. The Morgan fingerprint density at radius 1 is 1.09 bits per heavy atom. The molecule has 0 saturated carbocycles. The minimum absolute atomic E-state index is 0.136. The number of alkyl halides is 5. The first-order chi connectivity index (χ1) is 16.4. The Labute approximate surface area is 191 Å². The quantitative estimate of drug-likeness (QED) is 0.363. The van der Waals surface area contributed by atoms with Crippen molar-refractivity contribution in [2.75, 3.05) is 18.0 Å². The standard InChI is InChI=1S/C14H12F2N6O2.C6H4F3NO/c15-14(16)1-3-21(7-14)10-5-9(20-22-4-2-17-11(10)22)8-6-18-13(24)19-12(8)23;7-6(8,9)4-1-2-10-5(11)3-4/h2,4-6H,1,3,7H2,(H2,18,19,23,24);1-3H,(H,10,11). The first kappa shape index (κ1) is 23.8. The molecule has 0 amide bonds. The van der Waals surface area contributed by atoms with E-state index in [1.165, 1.54) is 27.9 Å². The second-order valence-electron chi connectivity index (χ2n) is 7.56. The molecule has 1 aliphatic rings. The molecule has 15 heteroatoms. The first-order valence-corrected chi connectivity index (χ1v) is 9.98. The van der Waals surface area contributed by atoms with Gasteiger partial charge in [-0.1, -0.05) is 0 Å². The Balaban J connectivity index is 0.000000221. The van der Waals surface area contributed by atoms with Crippen molar-refractivity contribution in [2.45, 2.75) is 18.5 Å². The molecule has 0 aromatic carbocycles. The molecule has 1 saturated heterocycles. The summed E-state index contributed by atoms with van der Waals surface area (Å²) in [7, 11) is 0. The zero-order valence-corrected chi connectivity index (χ0v) is 17.6. The molecule has 1 fully saturated rings. The third-order valence-electron chi connectivity index (χ3n) is 5.05. The number of hydrogen-bond donors (Lipinski definition) is 3. The van der Waals surface area contributed by atoms with E-state index in [1.807, 2.05) is 0 Å². The highest BCUT2D eigenvalue weighted by Gasteiger charge is 2.39. The topological polar surface area (TPSA) is 132 Å². The SMILES string of the molecule is O=c1[nH]cc(-c2cc(N3CCC(F)(F)C3)c3nccn3n2)c(=O)[nH]1.O=c1cc(C(F)(F)F)cc[nH]1. The average Bonchev–Trinajstić information content (AvgIpc) is 3.39. The normalized spacial score (nSPS) is 15.2. The van der Waals surface area contributed by atoms with E-state index >= 15 is 0 Å². The van der Waals surface area contributed by atoms with Crippen LogP contribution in [0.2, 0.25) is 0 Å². The molecule has 0 atom stereocenters. The van der Waals surface area contributed by atoms with Crippen LogP contribution in [0.3, 0.4) is 0 Å². The second-order valence-corrected chi connectivity index (χ2v) is 7.56. The van der Waals surface area contributed by atoms with E-state index in [9.17, 15) is 36.3 Å². The van der Waals surface area contributed by atoms with Crippen LogP contribution in [0, 0.1) is 0 Å². The van der Waals surface area contributed by atoms with E-state index in [1.54, 1.807) is 6.20 Å². The number of anilines is 1. The largest absolute Gasteiger partial charge is 0.416 e. The summed E-state index contributed by atoms with van der Waals surface area (Å²) in [6, 6.07) is 2.86. The van der Waals surface area contributed by atoms with Gasteiger partial charge in [-0.05, 0) is 12.1 Å². The summed E-state index contributed by atoms with van der Waals surface area (Å²) in [6.45, 7) is -0.234. The van der Waals surface area contributed by atoms with Crippen molar-refractivity contribution >= 4 is 11.3 Å². The summed E-state index contributed by atoms with van der Waals surface area (Å²) >= 11 is 0. The molecule has 1 aliphatic heterocycles. The van der Waals surface area contributed by atoms with Crippen molar-refractivity contribution in [3.63, 3.8) is 0 Å². The van der Waals surface area contributed by atoms with E-state index in [-0.39, 0.29) is 24.2 Å². The molecule has 0 spiro atoms. The molecular formula is C20H16F5N7O3. The molecule has 4 aromatic heterocycles. The lowest BCUT2D eigenvalue weighted by Gasteiger charge is -2.19. The number of imidazole rings is 1. The minimum Gasteiger partial charge on any atom is -0.362 e. The number of aromatic amines is 3. The molecular weight excluding hydrogens is 481 g/mol. The van der Waals surface area contributed by atoms with Gasteiger partial charge in [-0.25, -0.2) is 23.1 Å². The molecule has 4 aromatic rings. The fourth-order valence-electron chi connectivity index (χ4n) is 3.43. The Morgan fingerprint density at radius 2 is 1.86 bits per heavy atom. The maximum atomic E-state index is 13.6.